The van der Waals surface area contributed by atoms with Crippen LogP contribution >= 0.6 is 0 Å². The zero-order valence-electron chi connectivity index (χ0n) is 8.94. The van der Waals surface area contributed by atoms with Gasteiger partial charge in [0.05, 0.1) is 6.54 Å². The van der Waals surface area contributed by atoms with Gasteiger partial charge >= 0.3 is 0 Å². The Bertz CT molecular complexity index is 376. The molecule has 0 fully saturated rings. The first kappa shape index (κ1) is 10.2. The van der Waals surface area contributed by atoms with Gasteiger partial charge in [-0.05, 0) is 24.5 Å². The lowest BCUT2D eigenvalue weighted by molar-refractivity contribution is -0.119. The van der Waals surface area contributed by atoms with Crippen LogP contribution in [0.3, 0.4) is 0 Å². The summed E-state index contributed by atoms with van der Waals surface area (Å²) in [6, 6.07) is 8.78. The van der Waals surface area contributed by atoms with Crippen LogP contribution < -0.4 is 5.73 Å². The number of fused-ring (bicyclic) bond motifs is 1. The minimum absolute atomic E-state index is 0.249. The molecule has 0 spiro atoms. The van der Waals surface area contributed by atoms with Crippen molar-refractivity contribution >= 4 is 5.91 Å². The Morgan fingerprint density at radius 2 is 2.13 bits per heavy atom. The van der Waals surface area contributed by atoms with Gasteiger partial charge in [0.15, 0.2) is 0 Å². The summed E-state index contributed by atoms with van der Waals surface area (Å²) in [5, 5.41) is 0. The molecule has 80 valence electrons. The van der Waals surface area contributed by atoms with Gasteiger partial charge in [0.25, 0.3) is 0 Å². The quantitative estimate of drug-likeness (QED) is 0.778. The fourth-order valence-corrected chi connectivity index (χ4v) is 2.14. The molecule has 1 aromatic carbocycles. The molecule has 3 nitrogen and oxygen atoms in total. The van der Waals surface area contributed by atoms with E-state index >= 15 is 0 Å². The summed E-state index contributed by atoms with van der Waals surface area (Å²) in [4.78, 5) is 13.0. The second-order valence-electron chi connectivity index (χ2n) is 4.19. The van der Waals surface area contributed by atoms with Crippen molar-refractivity contribution in [2.45, 2.75) is 25.9 Å². The Morgan fingerprint density at radius 1 is 1.47 bits per heavy atom. The van der Waals surface area contributed by atoms with Gasteiger partial charge in [-0.3, -0.25) is 9.69 Å². The van der Waals surface area contributed by atoms with E-state index in [2.05, 4.69) is 30.0 Å². The van der Waals surface area contributed by atoms with Crippen molar-refractivity contribution in [2.75, 3.05) is 6.54 Å². The van der Waals surface area contributed by atoms with Gasteiger partial charge in [-0.1, -0.05) is 24.3 Å². The van der Waals surface area contributed by atoms with Crippen LogP contribution in [0.1, 0.15) is 18.1 Å². The molecule has 1 aliphatic rings. The molecule has 0 aliphatic carbocycles. The number of amides is 1. The number of benzene rings is 1. The Morgan fingerprint density at radius 3 is 2.80 bits per heavy atom. The third-order valence-electron chi connectivity index (χ3n) is 2.99. The van der Waals surface area contributed by atoms with E-state index in [-0.39, 0.29) is 5.91 Å². The highest BCUT2D eigenvalue weighted by atomic mass is 16.1. The number of rotatable bonds is 2. The van der Waals surface area contributed by atoms with E-state index in [0.29, 0.717) is 12.6 Å². The van der Waals surface area contributed by atoms with Crippen molar-refractivity contribution < 1.29 is 4.79 Å². The predicted octanol–water partition coefficient (Wildman–Crippen LogP) is 0.919. The lowest BCUT2D eigenvalue weighted by atomic mass is 9.95. The summed E-state index contributed by atoms with van der Waals surface area (Å²) in [6.07, 6.45) is 1.00. The number of primary amides is 1. The van der Waals surface area contributed by atoms with E-state index < -0.39 is 0 Å². The molecule has 0 bridgehead atoms. The van der Waals surface area contributed by atoms with Gasteiger partial charge in [0.1, 0.15) is 0 Å². The van der Waals surface area contributed by atoms with Crippen molar-refractivity contribution in [1.29, 1.82) is 0 Å². The van der Waals surface area contributed by atoms with E-state index in [1.54, 1.807) is 0 Å². The van der Waals surface area contributed by atoms with E-state index in [1.807, 2.05) is 6.07 Å². The molecule has 1 atom stereocenters. The first-order chi connectivity index (χ1) is 7.16. The minimum Gasteiger partial charge on any atom is -0.369 e. The second-order valence-corrected chi connectivity index (χ2v) is 4.19. The summed E-state index contributed by atoms with van der Waals surface area (Å²) in [5.41, 5.74) is 7.94. The van der Waals surface area contributed by atoms with Crippen LogP contribution in [-0.2, 0) is 17.8 Å². The summed E-state index contributed by atoms with van der Waals surface area (Å²) in [7, 11) is 0. The lowest BCUT2D eigenvalue weighted by Gasteiger charge is -2.33. The average molecular weight is 204 g/mol. The van der Waals surface area contributed by atoms with Crippen LogP contribution in [0.4, 0.5) is 0 Å². The van der Waals surface area contributed by atoms with Crippen LogP contribution in [0.15, 0.2) is 24.3 Å². The van der Waals surface area contributed by atoms with Gasteiger partial charge in [-0.25, -0.2) is 0 Å². The van der Waals surface area contributed by atoms with E-state index in [9.17, 15) is 4.79 Å². The van der Waals surface area contributed by atoms with Crippen LogP contribution in [0.5, 0.6) is 0 Å². The monoisotopic (exact) mass is 204 g/mol. The number of carbonyl (C=O) groups excluding carboxylic acids is 1. The van der Waals surface area contributed by atoms with Crippen molar-refractivity contribution in [2.24, 2.45) is 5.73 Å². The normalized spacial score (nSPS) is 21.0. The smallest absolute Gasteiger partial charge is 0.231 e. The third kappa shape index (κ3) is 2.18. The van der Waals surface area contributed by atoms with Crippen LogP contribution in [-0.4, -0.2) is 23.4 Å². The summed E-state index contributed by atoms with van der Waals surface area (Å²) in [5.74, 6) is -0.249. The summed E-state index contributed by atoms with van der Waals surface area (Å²) in [6.45, 7) is 3.33. The van der Waals surface area contributed by atoms with Gasteiger partial charge in [0, 0.05) is 12.6 Å². The van der Waals surface area contributed by atoms with Crippen LogP contribution in [0.25, 0.3) is 0 Å². The molecule has 2 N–H and O–H groups in total. The molecule has 1 unspecified atom stereocenters. The van der Waals surface area contributed by atoms with E-state index in [4.69, 9.17) is 5.73 Å². The Balaban J connectivity index is 2.18. The molecule has 2 rings (SSSR count). The molecule has 0 radical (unpaired) electrons. The number of hydrogen-bond donors (Lipinski definition) is 1. The van der Waals surface area contributed by atoms with Crippen LogP contribution in [0.2, 0.25) is 0 Å². The Hall–Kier alpha value is -1.35. The first-order valence-corrected chi connectivity index (χ1v) is 5.26. The molecule has 1 aliphatic heterocycles. The molecule has 1 aromatic rings. The lowest BCUT2D eigenvalue weighted by Crippen LogP contribution is -2.43. The highest BCUT2D eigenvalue weighted by Gasteiger charge is 2.23. The van der Waals surface area contributed by atoms with Crippen molar-refractivity contribution in [3.05, 3.63) is 35.4 Å². The van der Waals surface area contributed by atoms with Gasteiger partial charge < -0.3 is 5.73 Å². The largest absolute Gasteiger partial charge is 0.369 e. The summed E-state index contributed by atoms with van der Waals surface area (Å²) >= 11 is 0. The highest BCUT2D eigenvalue weighted by molar-refractivity contribution is 5.76. The predicted molar refractivity (Wildman–Crippen MR) is 59.2 cm³/mol. The van der Waals surface area contributed by atoms with E-state index in [0.717, 1.165) is 13.0 Å². The molecular weight excluding hydrogens is 188 g/mol. The number of hydrogen-bond acceptors (Lipinski definition) is 2. The topological polar surface area (TPSA) is 46.3 Å². The van der Waals surface area contributed by atoms with Crippen LogP contribution in [0, 0.1) is 0 Å². The molecule has 3 heteroatoms. The molecular formula is C12H16N2O. The number of nitrogens with two attached hydrogens (primary N) is 1. The zero-order valence-corrected chi connectivity index (χ0v) is 8.94. The average Bonchev–Trinajstić information content (AvgIpc) is 2.18. The minimum atomic E-state index is -0.249. The molecule has 0 aromatic heterocycles. The maximum Gasteiger partial charge on any atom is 0.231 e. The third-order valence-corrected chi connectivity index (χ3v) is 2.99. The molecule has 0 saturated heterocycles. The van der Waals surface area contributed by atoms with Gasteiger partial charge in [0.2, 0.25) is 5.91 Å². The maximum atomic E-state index is 10.9. The molecule has 1 heterocycles. The summed E-state index contributed by atoms with van der Waals surface area (Å²) < 4.78 is 0. The van der Waals surface area contributed by atoms with Crippen molar-refractivity contribution in [3.8, 4) is 0 Å². The Labute approximate surface area is 89.9 Å². The molecule has 15 heavy (non-hydrogen) atoms. The Kier molecular flexibility index (Phi) is 2.73. The molecule has 1 amide bonds. The molecule has 0 saturated carbocycles. The van der Waals surface area contributed by atoms with Crippen molar-refractivity contribution in [1.82, 2.24) is 4.90 Å². The zero-order chi connectivity index (χ0) is 10.8. The van der Waals surface area contributed by atoms with E-state index in [1.165, 1.54) is 11.1 Å². The first-order valence-electron chi connectivity index (χ1n) is 5.26. The fraction of sp³-hybridized carbons (Fsp3) is 0.417. The SMILES string of the molecule is CC1Cc2ccccc2CN1CC(N)=O. The highest BCUT2D eigenvalue weighted by Crippen LogP contribution is 2.22. The van der Waals surface area contributed by atoms with Gasteiger partial charge in [-0.15, -0.1) is 0 Å². The maximum absolute atomic E-state index is 10.9. The number of nitrogens with zero attached hydrogens (tertiary/aromatic N) is 1. The standard InChI is InChI=1S/C12H16N2O/c1-9-6-10-4-2-3-5-11(10)7-14(9)8-12(13)15/h2-5,9H,6-8H2,1H3,(H2,13,15). The van der Waals surface area contributed by atoms with Crippen molar-refractivity contribution in [3.63, 3.8) is 0 Å². The number of carbonyl (C=O) groups is 1. The second kappa shape index (κ2) is 4.03. The van der Waals surface area contributed by atoms with Gasteiger partial charge in [-0.2, -0.15) is 0 Å². The fourth-order valence-electron chi connectivity index (χ4n) is 2.14.